The summed E-state index contributed by atoms with van der Waals surface area (Å²) in [5.74, 6) is -0.0627. The molecule has 6 nitrogen and oxygen atoms in total. The molecule has 0 radical (unpaired) electrons. The maximum absolute atomic E-state index is 12.3. The Morgan fingerprint density at radius 2 is 1.92 bits per heavy atom. The predicted octanol–water partition coefficient (Wildman–Crippen LogP) is 2.20. The van der Waals surface area contributed by atoms with E-state index in [4.69, 9.17) is 4.74 Å². The first-order valence-electron chi connectivity index (χ1n) is 8.00. The lowest BCUT2D eigenvalue weighted by atomic mass is 10.1. The van der Waals surface area contributed by atoms with Crippen LogP contribution in [0.2, 0.25) is 0 Å². The normalized spacial score (nSPS) is 17.1. The number of nitrogens with one attached hydrogen (secondary N) is 1. The van der Waals surface area contributed by atoms with Crippen molar-refractivity contribution >= 4 is 23.7 Å². The highest BCUT2D eigenvalue weighted by Gasteiger charge is 2.34. The van der Waals surface area contributed by atoms with Gasteiger partial charge in [0.05, 0.1) is 19.2 Å². The Balaban J connectivity index is 1.61. The van der Waals surface area contributed by atoms with E-state index in [2.05, 4.69) is 10.5 Å². The lowest BCUT2D eigenvalue weighted by Gasteiger charge is -2.16. The monoisotopic (exact) mass is 337 g/mol. The number of amides is 2. The lowest BCUT2D eigenvalue weighted by Crippen LogP contribution is -2.30. The molecule has 1 N–H and O–H groups in total. The molecular formula is C19H19N3O3. The van der Waals surface area contributed by atoms with E-state index in [0.29, 0.717) is 12.3 Å². The van der Waals surface area contributed by atoms with Crippen LogP contribution in [0, 0.1) is 5.92 Å². The molecule has 1 atom stereocenters. The number of anilines is 1. The molecule has 0 aliphatic carbocycles. The van der Waals surface area contributed by atoms with Gasteiger partial charge in [0.15, 0.2) is 0 Å². The summed E-state index contributed by atoms with van der Waals surface area (Å²) in [4.78, 5) is 26.1. The van der Waals surface area contributed by atoms with Gasteiger partial charge in [0.1, 0.15) is 5.75 Å². The number of para-hydroxylation sites is 2. The topological polar surface area (TPSA) is 71.0 Å². The molecule has 1 aliphatic heterocycles. The average Bonchev–Trinajstić information content (AvgIpc) is 3.04. The van der Waals surface area contributed by atoms with Gasteiger partial charge in [0.25, 0.3) is 0 Å². The van der Waals surface area contributed by atoms with Crippen LogP contribution in [0.3, 0.4) is 0 Å². The van der Waals surface area contributed by atoms with Crippen molar-refractivity contribution in [1.82, 2.24) is 5.43 Å². The van der Waals surface area contributed by atoms with Gasteiger partial charge in [-0.2, -0.15) is 5.10 Å². The zero-order valence-electron chi connectivity index (χ0n) is 13.9. The van der Waals surface area contributed by atoms with E-state index in [0.717, 1.165) is 11.3 Å². The first-order valence-corrected chi connectivity index (χ1v) is 8.00. The average molecular weight is 337 g/mol. The van der Waals surface area contributed by atoms with Crippen LogP contribution in [-0.2, 0) is 9.59 Å². The molecule has 1 saturated heterocycles. The lowest BCUT2D eigenvalue weighted by molar-refractivity contribution is -0.126. The third kappa shape index (κ3) is 3.85. The first-order chi connectivity index (χ1) is 12.2. The van der Waals surface area contributed by atoms with Crippen LogP contribution in [-0.4, -0.2) is 31.7 Å². The van der Waals surface area contributed by atoms with Crippen LogP contribution < -0.4 is 15.1 Å². The number of rotatable bonds is 5. The molecule has 2 aromatic carbocycles. The highest BCUT2D eigenvalue weighted by atomic mass is 16.5. The molecule has 25 heavy (non-hydrogen) atoms. The van der Waals surface area contributed by atoms with Crippen molar-refractivity contribution in [3.05, 3.63) is 60.2 Å². The molecule has 0 bridgehead atoms. The number of hydrogen-bond donors (Lipinski definition) is 1. The Hall–Kier alpha value is -3.15. The summed E-state index contributed by atoms with van der Waals surface area (Å²) in [6.07, 6.45) is 1.72. The van der Waals surface area contributed by atoms with Gasteiger partial charge in [-0.1, -0.05) is 30.3 Å². The number of benzene rings is 2. The van der Waals surface area contributed by atoms with E-state index in [1.807, 2.05) is 54.6 Å². The zero-order chi connectivity index (χ0) is 17.6. The van der Waals surface area contributed by atoms with E-state index < -0.39 is 5.92 Å². The second-order valence-electron chi connectivity index (χ2n) is 5.72. The Morgan fingerprint density at radius 1 is 1.20 bits per heavy atom. The summed E-state index contributed by atoms with van der Waals surface area (Å²) in [7, 11) is 1.58. The number of methoxy groups -OCH3 is 1. The fourth-order valence-electron chi connectivity index (χ4n) is 2.77. The zero-order valence-corrected chi connectivity index (χ0v) is 13.9. The third-order valence-electron chi connectivity index (χ3n) is 4.08. The molecule has 1 heterocycles. The number of nitrogens with zero attached hydrogens (tertiary/aromatic N) is 2. The molecule has 128 valence electrons. The minimum Gasteiger partial charge on any atom is -0.496 e. The molecule has 1 aliphatic rings. The van der Waals surface area contributed by atoms with Crippen LogP contribution in [0.15, 0.2) is 59.7 Å². The quantitative estimate of drug-likeness (QED) is 0.672. The maximum atomic E-state index is 12.3. The standard InChI is InChI=1S/C19H19N3O3/c1-25-17-10-6-5-7-14(17)12-20-21-19(24)15-11-18(23)22(13-15)16-8-3-2-4-9-16/h2-10,12,15H,11,13H2,1H3,(H,21,24). The molecule has 0 aromatic heterocycles. The summed E-state index contributed by atoms with van der Waals surface area (Å²) in [6, 6.07) is 16.7. The summed E-state index contributed by atoms with van der Waals surface area (Å²) in [5.41, 5.74) is 4.08. The predicted molar refractivity (Wildman–Crippen MR) is 95.6 cm³/mol. The molecule has 1 unspecified atom stereocenters. The van der Waals surface area contributed by atoms with Crippen LogP contribution in [0.5, 0.6) is 5.75 Å². The van der Waals surface area contributed by atoms with Crippen molar-refractivity contribution in [2.24, 2.45) is 11.0 Å². The fraction of sp³-hybridized carbons (Fsp3) is 0.211. The second-order valence-corrected chi connectivity index (χ2v) is 5.72. The number of carbonyl (C=O) groups excluding carboxylic acids is 2. The largest absolute Gasteiger partial charge is 0.496 e. The SMILES string of the molecule is COc1ccccc1C=NNC(=O)C1CC(=O)N(c2ccccc2)C1. The number of hydrazone groups is 1. The van der Waals surface area contributed by atoms with Gasteiger partial charge in [0, 0.05) is 24.2 Å². The van der Waals surface area contributed by atoms with E-state index in [9.17, 15) is 9.59 Å². The Bertz CT molecular complexity index is 790. The van der Waals surface area contributed by atoms with E-state index >= 15 is 0 Å². The van der Waals surface area contributed by atoms with Gasteiger partial charge < -0.3 is 9.64 Å². The molecule has 0 saturated carbocycles. The van der Waals surface area contributed by atoms with Crippen LogP contribution >= 0.6 is 0 Å². The second kappa shape index (κ2) is 7.61. The van der Waals surface area contributed by atoms with Gasteiger partial charge in [-0.15, -0.1) is 0 Å². The number of carbonyl (C=O) groups is 2. The van der Waals surface area contributed by atoms with E-state index in [1.165, 1.54) is 6.21 Å². The number of hydrogen-bond acceptors (Lipinski definition) is 4. The highest BCUT2D eigenvalue weighted by molar-refractivity contribution is 6.00. The van der Waals surface area contributed by atoms with Gasteiger partial charge in [0.2, 0.25) is 11.8 Å². The van der Waals surface area contributed by atoms with Crippen molar-refractivity contribution in [3.8, 4) is 5.75 Å². The molecule has 6 heteroatoms. The van der Waals surface area contributed by atoms with Crippen molar-refractivity contribution in [2.45, 2.75) is 6.42 Å². The third-order valence-corrected chi connectivity index (χ3v) is 4.08. The van der Waals surface area contributed by atoms with Crippen LogP contribution in [0.25, 0.3) is 0 Å². The molecular weight excluding hydrogens is 318 g/mol. The minimum atomic E-state index is -0.414. The van der Waals surface area contributed by atoms with Crippen LogP contribution in [0.4, 0.5) is 5.69 Å². The number of ether oxygens (including phenoxy) is 1. The Morgan fingerprint density at radius 3 is 2.68 bits per heavy atom. The van der Waals surface area contributed by atoms with Crippen molar-refractivity contribution in [3.63, 3.8) is 0 Å². The molecule has 2 aromatic rings. The first kappa shape index (κ1) is 16.7. The van der Waals surface area contributed by atoms with E-state index in [1.54, 1.807) is 12.0 Å². The maximum Gasteiger partial charge on any atom is 0.245 e. The van der Waals surface area contributed by atoms with Gasteiger partial charge in [-0.25, -0.2) is 5.43 Å². The van der Waals surface area contributed by atoms with Crippen LogP contribution in [0.1, 0.15) is 12.0 Å². The smallest absolute Gasteiger partial charge is 0.245 e. The Labute approximate surface area is 146 Å². The summed E-state index contributed by atoms with van der Waals surface area (Å²) < 4.78 is 5.22. The molecule has 2 amide bonds. The minimum absolute atomic E-state index is 0.0555. The Kier molecular flexibility index (Phi) is 5.09. The fourth-order valence-corrected chi connectivity index (χ4v) is 2.77. The molecule has 0 spiro atoms. The molecule has 1 fully saturated rings. The van der Waals surface area contributed by atoms with Crippen molar-refractivity contribution in [2.75, 3.05) is 18.6 Å². The van der Waals surface area contributed by atoms with Gasteiger partial charge in [-0.05, 0) is 24.3 Å². The van der Waals surface area contributed by atoms with E-state index in [-0.39, 0.29) is 18.2 Å². The summed E-state index contributed by atoms with van der Waals surface area (Å²) >= 11 is 0. The molecule has 3 rings (SSSR count). The summed E-state index contributed by atoms with van der Waals surface area (Å²) in [6.45, 7) is 0.360. The van der Waals surface area contributed by atoms with Gasteiger partial charge >= 0.3 is 0 Å². The van der Waals surface area contributed by atoms with Crippen molar-refractivity contribution in [1.29, 1.82) is 0 Å². The van der Waals surface area contributed by atoms with Gasteiger partial charge in [-0.3, -0.25) is 9.59 Å². The highest BCUT2D eigenvalue weighted by Crippen LogP contribution is 2.24. The van der Waals surface area contributed by atoms with Crippen molar-refractivity contribution < 1.29 is 14.3 Å². The summed E-state index contributed by atoms with van der Waals surface area (Å²) in [5, 5.41) is 3.98.